The van der Waals surface area contributed by atoms with E-state index in [4.69, 9.17) is 4.74 Å². The number of rotatable bonds is 2. The van der Waals surface area contributed by atoms with Crippen LogP contribution in [0.1, 0.15) is 19.3 Å². The molecule has 0 bridgehead atoms. The molecule has 0 spiro atoms. The first-order valence-electron chi connectivity index (χ1n) is 5.32. The number of aromatic nitrogens is 1. The van der Waals surface area contributed by atoms with Gasteiger partial charge in [0.1, 0.15) is 11.9 Å². The van der Waals surface area contributed by atoms with Crippen LogP contribution in [0.15, 0.2) is 22.9 Å². The summed E-state index contributed by atoms with van der Waals surface area (Å²) in [6.07, 6.45) is 7.25. The van der Waals surface area contributed by atoms with Crippen molar-refractivity contribution in [2.45, 2.75) is 25.4 Å². The minimum absolute atomic E-state index is 0.330. The van der Waals surface area contributed by atoms with Crippen molar-refractivity contribution in [1.82, 2.24) is 10.3 Å². The van der Waals surface area contributed by atoms with E-state index in [1.807, 2.05) is 6.07 Å². The Morgan fingerprint density at radius 1 is 1.33 bits per heavy atom. The van der Waals surface area contributed by atoms with E-state index in [0.29, 0.717) is 6.10 Å². The van der Waals surface area contributed by atoms with E-state index < -0.39 is 0 Å². The molecule has 15 heavy (non-hydrogen) atoms. The lowest BCUT2D eigenvalue weighted by Gasteiger charge is -2.16. The average molecular weight is 271 g/mol. The van der Waals surface area contributed by atoms with E-state index >= 15 is 0 Å². The number of hydrogen-bond acceptors (Lipinski definition) is 3. The van der Waals surface area contributed by atoms with Crippen molar-refractivity contribution >= 4 is 15.9 Å². The predicted molar refractivity (Wildman–Crippen MR) is 63.1 cm³/mol. The van der Waals surface area contributed by atoms with Gasteiger partial charge < -0.3 is 10.1 Å². The number of pyridine rings is 1. The summed E-state index contributed by atoms with van der Waals surface area (Å²) in [5.41, 5.74) is 0. The molecule has 0 aliphatic carbocycles. The van der Waals surface area contributed by atoms with Crippen LogP contribution in [0, 0.1) is 0 Å². The summed E-state index contributed by atoms with van der Waals surface area (Å²) in [5.74, 6) is 0.858. The second-order valence-corrected chi connectivity index (χ2v) is 4.68. The Bertz CT molecular complexity index is 311. The van der Waals surface area contributed by atoms with E-state index in [0.717, 1.165) is 36.2 Å². The van der Waals surface area contributed by atoms with Gasteiger partial charge in [0, 0.05) is 10.7 Å². The van der Waals surface area contributed by atoms with Gasteiger partial charge in [-0.25, -0.2) is 0 Å². The summed E-state index contributed by atoms with van der Waals surface area (Å²) in [4.78, 5) is 4.09. The molecular weight excluding hydrogens is 256 g/mol. The molecule has 4 heteroatoms. The number of halogens is 1. The van der Waals surface area contributed by atoms with Gasteiger partial charge in [0.05, 0.1) is 6.20 Å². The van der Waals surface area contributed by atoms with Gasteiger partial charge in [0.15, 0.2) is 0 Å². The molecule has 2 rings (SSSR count). The van der Waals surface area contributed by atoms with E-state index in [2.05, 4.69) is 26.2 Å². The van der Waals surface area contributed by atoms with Crippen LogP contribution in [-0.4, -0.2) is 24.2 Å². The number of hydrogen-bond donors (Lipinski definition) is 1. The van der Waals surface area contributed by atoms with Gasteiger partial charge in [0.2, 0.25) is 0 Å². The standard InChI is InChI=1S/C11H15BrN2O/c12-9-6-11(8-14-7-9)15-10-2-1-4-13-5-3-10/h6-8,10,13H,1-5H2. The quantitative estimate of drug-likeness (QED) is 0.896. The fourth-order valence-electron chi connectivity index (χ4n) is 1.75. The zero-order chi connectivity index (χ0) is 10.5. The van der Waals surface area contributed by atoms with Crippen LogP contribution in [0.25, 0.3) is 0 Å². The third-order valence-corrected chi connectivity index (χ3v) is 2.94. The van der Waals surface area contributed by atoms with E-state index in [1.54, 1.807) is 12.4 Å². The molecule has 1 aromatic heterocycles. The highest BCUT2D eigenvalue weighted by Crippen LogP contribution is 2.19. The normalized spacial score (nSPS) is 22.1. The summed E-state index contributed by atoms with van der Waals surface area (Å²) in [6, 6.07) is 1.96. The van der Waals surface area contributed by atoms with Crippen LogP contribution in [0.4, 0.5) is 0 Å². The van der Waals surface area contributed by atoms with Crippen molar-refractivity contribution in [3.63, 3.8) is 0 Å². The Morgan fingerprint density at radius 3 is 3.13 bits per heavy atom. The Hall–Kier alpha value is -0.610. The van der Waals surface area contributed by atoms with Crippen molar-refractivity contribution in [1.29, 1.82) is 0 Å². The monoisotopic (exact) mass is 270 g/mol. The van der Waals surface area contributed by atoms with Crippen LogP contribution in [0.3, 0.4) is 0 Å². The molecule has 82 valence electrons. The number of nitrogens with zero attached hydrogens (tertiary/aromatic N) is 1. The Labute approximate surface area is 98.4 Å². The summed E-state index contributed by atoms with van der Waals surface area (Å²) >= 11 is 3.39. The van der Waals surface area contributed by atoms with Crippen molar-refractivity contribution in [3.05, 3.63) is 22.9 Å². The second-order valence-electron chi connectivity index (χ2n) is 3.76. The van der Waals surface area contributed by atoms with Gasteiger partial charge in [-0.1, -0.05) is 0 Å². The lowest BCUT2D eigenvalue weighted by molar-refractivity contribution is 0.186. The third kappa shape index (κ3) is 3.47. The zero-order valence-electron chi connectivity index (χ0n) is 8.58. The molecule has 0 aromatic carbocycles. The van der Waals surface area contributed by atoms with Crippen LogP contribution in [-0.2, 0) is 0 Å². The molecule has 1 aromatic rings. The van der Waals surface area contributed by atoms with E-state index in [1.165, 1.54) is 6.42 Å². The smallest absolute Gasteiger partial charge is 0.139 e. The first kappa shape index (κ1) is 10.9. The zero-order valence-corrected chi connectivity index (χ0v) is 10.2. The first-order valence-corrected chi connectivity index (χ1v) is 6.12. The highest BCUT2D eigenvalue weighted by molar-refractivity contribution is 9.10. The summed E-state index contributed by atoms with van der Waals surface area (Å²) < 4.78 is 6.85. The fourth-order valence-corrected chi connectivity index (χ4v) is 2.10. The average Bonchev–Trinajstić information content (AvgIpc) is 2.46. The second kappa shape index (κ2) is 5.47. The van der Waals surface area contributed by atoms with Gasteiger partial charge in [0.25, 0.3) is 0 Å². The lowest BCUT2D eigenvalue weighted by Crippen LogP contribution is -2.19. The summed E-state index contributed by atoms with van der Waals surface area (Å²) in [5, 5.41) is 3.37. The minimum atomic E-state index is 0.330. The number of ether oxygens (including phenoxy) is 1. The van der Waals surface area contributed by atoms with Crippen LogP contribution >= 0.6 is 15.9 Å². The molecule has 1 atom stereocenters. The molecule has 1 aliphatic heterocycles. The molecule has 1 N–H and O–H groups in total. The lowest BCUT2D eigenvalue weighted by atomic mass is 10.1. The molecule has 0 amide bonds. The van der Waals surface area contributed by atoms with Crippen LogP contribution in [0.5, 0.6) is 5.75 Å². The predicted octanol–water partition coefficient (Wildman–Crippen LogP) is 2.36. The van der Waals surface area contributed by atoms with Crippen molar-refractivity contribution in [2.24, 2.45) is 0 Å². The Morgan fingerprint density at radius 2 is 2.27 bits per heavy atom. The molecular formula is C11H15BrN2O. The highest BCUT2D eigenvalue weighted by atomic mass is 79.9. The summed E-state index contributed by atoms with van der Waals surface area (Å²) in [6.45, 7) is 2.16. The molecule has 2 heterocycles. The maximum atomic E-state index is 5.88. The molecule has 1 unspecified atom stereocenters. The highest BCUT2D eigenvalue weighted by Gasteiger charge is 2.13. The largest absolute Gasteiger partial charge is 0.489 e. The fraction of sp³-hybridized carbons (Fsp3) is 0.545. The third-order valence-electron chi connectivity index (χ3n) is 2.51. The number of nitrogens with one attached hydrogen (secondary N) is 1. The van der Waals surface area contributed by atoms with Gasteiger partial charge >= 0.3 is 0 Å². The van der Waals surface area contributed by atoms with Crippen LogP contribution < -0.4 is 10.1 Å². The molecule has 0 saturated carbocycles. The SMILES string of the molecule is Brc1cncc(OC2CCCNCC2)c1. The Balaban J connectivity index is 1.95. The van der Waals surface area contributed by atoms with Gasteiger partial charge in [-0.3, -0.25) is 4.98 Å². The maximum Gasteiger partial charge on any atom is 0.139 e. The molecule has 1 saturated heterocycles. The Kier molecular flexibility index (Phi) is 3.97. The van der Waals surface area contributed by atoms with Crippen molar-refractivity contribution in [3.8, 4) is 5.75 Å². The molecule has 1 fully saturated rings. The van der Waals surface area contributed by atoms with E-state index in [9.17, 15) is 0 Å². The van der Waals surface area contributed by atoms with Gasteiger partial charge in [-0.05, 0) is 54.3 Å². The molecule has 1 aliphatic rings. The van der Waals surface area contributed by atoms with Crippen molar-refractivity contribution < 1.29 is 4.74 Å². The summed E-state index contributed by atoms with van der Waals surface area (Å²) in [7, 11) is 0. The van der Waals surface area contributed by atoms with Crippen LogP contribution in [0.2, 0.25) is 0 Å². The van der Waals surface area contributed by atoms with E-state index in [-0.39, 0.29) is 0 Å². The first-order chi connectivity index (χ1) is 7.34. The van der Waals surface area contributed by atoms with Gasteiger partial charge in [-0.2, -0.15) is 0 Å². The molecule has 3 nitrogen and oxygen atoms in total. The minimum Gasteiger partial charge on any atom is -0.489 e. The van der Waals surface area contributed by atoms with Gasteiger partial charge in [-0.15, -0.1) is 0 Å². The topological polar surface area (TPSA) is 34.1 Å². The van der Waals surface area contributed by atoms with Crippen molar-refractivity contribution in [2.75, 3.05) is 13.1 Å². The maximum absolute atomic E-state index is 5.88. The molecule has 0 radical (unpaired) electrons.